The number of rotatable bonds is 3. The third kappa shape index (κ3) is 3.46. The second kappa shape index (κ2) is 8.40. The average molecular weight is 463 g/mol. The van der Waals surface area contributed by atoms with Crippen molar-refractivity contribution >= 4 is 6.09 Å². The van der Waals surface area contributed by atoms with Crippen molar-refractivity contribution in [2.24, 2.45) is 34.5 Å². The topological polar surface area (TPSA) is 41.6 Å². The van der Waals surface area contributed by atoms with E-state index < -0.39 is 0 Å². The summed E-state index contributed by atoms with van der Waals surface area (Å²) in [5.74, 6) is 3.50. The molecule has 4 aliphatic carbocycles. The van der Waals surface area contributed by atoms with Crippen LogP contribution >= 0.6 is 0 Å². The van der Waals surface area contributed by atoms with E-state index in [1.165, 1.54) is 38.6 Å². The maximum absolute atomic E-state index is 12.5. The molecule has 184 valence electrons. The van der Waals surface area contributed by atoms with Gasteiger partial charge < -0.3 is 15.0 Å². The number of ether oxygens (including phenoxy) is 1. The SMILES string of the molecule is CC1C2CCC3C4CC=C5CC(OC(=O)NCc6ccccc6)CCC5(C)C4CCC32CN1C. The maximum Gasteiger partial charge on any atom is 0.407 e. The molecule has 1 N–H and O–H groups in total. The van der Waals surface area contributed by atoms with Gasteiger partial charge in [-0.05, 0) is 99.0 Å². The molecule has 0 radical (unpaired) electrons. The summed E-state index contributed by atoms with van der Waals surface area (Å²) in [5.41, 5.74) is 3.58. The zero-order valence-electron chi connectivity index (χ0n) is 21.3. The lowest BCUT2D eigenvalue weighted by Crippen LogP contribution is -2.52. The molecule has 1 heterocycles. The highest BCUT2D eigenvalue weighted by atomic mass is 16.6. The second-order valence-electron chi connectivity index (χ2n) is 12.5. The Morgan fingerprint density at radius 3 is 2.71 bits per heavy atom. The first kappa shape index (κ1) is 22.6. The van der Waals surface area contributed by atoms with Crippen LogP contribution in [0.5, 0.6) is 0 Å². The molecule has 4 nitrogen and oxygen atoms in total. The zero-order valence-corrected chi connectivity index (χ0v) is 21.3. The molecule has 5 aliphatic rings. The van der Waals surface area contributed by atoms with Crippen LogP contribution < -0.4 is 5.32 Å². The number of nitrogens with one attached hydrogen (secondary N) is 1. The Balaban J connectivity index is 1.12. The number of nitrogens with zero attached hydrogens (tertiary/aromatic N) is 1. The van der Waals surface area contributed by atoms with Crippen molar-refractivity contribution in [1.82, 2.24) is 10.2 Å². The Morgan fingerprint density at radius 2 is 1.88 bits per heavy atom. The fourth-order valence-electron chi connectivity index (χ4n) is 9.49. The Bertz CT molecular complexity index is 960. The van der Waals surface area contributed by atoms with Gasteiger partial charge in [-0.2, -0.15) is 0 Å². The van der Waals surface area contributed by atoms with Crippen LogP contribution in [0, 0.1) is 34.5 Å². The molecule has 4 heteroatoms. The number of carbonyl (C=O) groups is 1. The number of fused-ring (bicyclic) bond motifs is 4. The number of likely N-dealkylation sites (tertiary alicyclic amines) is 1. The van der Waals surface area contributed by atoms with Gasteiger partial charge in [0.1, 0.15) is 6.10 Å². The molecule has 1 aromatic rings. The number of allylic oxidation sites excluding steroid dienone is 1. The van der Waals surface area contributed by atoms with E-state index in [1.54, 1.807) is 5.57 Å². The summed E-state index contributed by atoms with van der Waals surface area (Å²) in [7, 11) is 2.36. The third-order valence-corrected chi connectivity index (χ3v) is 11.2. The van der Waals surface area contributed by atoms with Crippen molar-refractivity contribution in [2.45, 2.75) is 83.9 Å². The molecule has 0 aromatic heterocycles. The van der Waals surface area contributed by atoms with E-state index in [-0.39, 0.29) is 12.2 Å². The lowest BCUT2D eigenvalue weighted by Gasteiger charge is -2.58. The van der Waals surface area contributed by atoms with Crippen molar-refractivity contribution in [1.29, 1.82) is 0 Å². The minimum absolute atomic E-state index is 0.0155. The number of amides is 1. The van der Waals surface area contributed by atoms with E-state index >= 15 is 0 Å². The summed E-state index contributed by atoms with van der Waals surface area (Å²) in [6.07, 6.45) is 12.4. The summed E-state index contributed by atoms with van der Waals surface area (Å²) < 4.78 is 5.90. The molecule has 8 unspecified atom stereocenters. The summed E-state index contributed by atoms with van der Waals surface area (Å²) in [4.78, 5) is 15.1. The van der Waals surface area contributed by atoms with E-state index in [0.717, 1.165) is 54.5 Å². The lowest BCUT2D eigenvalue weighted by molar-refractivity contribution is -0.0488. The molecular formula is C30H42N2O2. The number of benzene rings is 1. The third-order valence-electron chi connectivity index (χ3n) is 11.2. The lowest BCUT2D eigenvalue weighted by atomic mass is 9.47. The highest BCUT2D eigenvalue weighted by Gasteiger charge is 2.64. The summed E-state index contributed by atoms with van der Waals surface area (Å²) in [6.45, 7) is 6.88. The Kier molecular flexibility index (Phi) is 5.59. The molecule has 1 aromatic carbocycles. The molecular weight excluding hydrogens is 420 g/mol. The predicted octanol–water partition coefficient (Wildman–Crippen LogP) is 6.17. The molecule has 1 amide bonds. The summed E-state index contributed by atoms with van der Waals surface area (Å²) >= 11 is 0. The quantitative estimate of drug-likeness (QED) is 0.546. The van der Waals surface area contributed by atoms with Gasteiger partial charge in [0, 0.05) is 25.6 Å². The van der Waals surface area contributed by atoms with Gasteiger partial charge in [0.15, 0.2) is 0 Å². The summed E-state index contributed by atoms with van der Waals surface area (Å²) in [6, 6.07) is 10.8. The van der Waals surface area contributed by atoms with Crippen LogP contribution in [0.2, 0.25) is 0 Å². The minimum Gasteiger partial charge on any atom is -0.446 e. The fraction of sp³-hybridized carbons (Fsp3) is 0.700. The van der Waals surface area contributed by atoms with Gasteiger partial charge in [0.05, 0.1) is 0 Å². The van der Waals surface area contributed by atoms with Gasteiger partial charge in [0.2, 0.25) is 0 Å². The van der Waals surface area contributed by atoms with Gasteiger partial charge in [0.25, 0.3) is 0 Å². The fourth-order valence-corrected chi connectivity index (χ4v) is 9.49. The number of alkyl carbamates (subject to hydrolysis) is 1. The number of carbonyl (C=O) groups excluding carboxylic acids is 1. The highest BCUT2D eigenvalue weighted by Crippen LogP contribution is 2.68. The maximum atomic E-state index is 12.5. The van der Waals surface area contributed by atoms with Gasteiger partial charge in [-0.25, -0.2) is 4.79 Å². The van der Waals surface area contributed by atoms with Crippen LogP contribution in [0.25, 0.3) is 0 Å². The monoisotopic (exact) mass is 462 g/mol. The summed E-state index contributed by atoms with van der Waals surface area (Å²) in [5, 5.41) is 2.94. The predicted molar refractivity (Wildman–Crippen MR) is 135 cm³/mol. The highest BCUT2D eigenvalue weighted by molar-refractivity contribution is 5.67. The van der Waals surface area contributed by atoms with Crippen LogP contribution in [0.15, 0.2) is 42.0 Å². The first-order valence-corrected chi connectivity index (χ1v) is 13.8. The molecule has 1 saturated heterocycles. The van der Waals surface area contributed by atoms with Crippen LogP contribution in [-0.2, 0) is 11.3 Å². The number of hydrogen-bond acceptors (Lipinski definition) is 3. The van der Waals surface area contributed by atoms with Crippen molar-refractivity contribution in [3.05, 3.63) is 47.5 Å². The van der Waals surface area contributed by atoms with Crippen molar-refractivity contribution in [3.8, 4) is 0 Å². The van der Waals surface area contributed by atoms with E-state index in [9.17, 15) is 4.79 Å². The molecule has 4 fully saturated rings. The van der Waals surface area contributed by atoms with Crippen molar-refractivity contribution in [2.75, 3.05) is 13.6 Å². The molecule has 0 bridgehead atoms. The Morgan fingerprint density at radius 1 is 1.09 bits per heavy atom. The van der Waals surface area contributed by atoms with E-state index in [4.69, 9.17) is 4.74 Å². The largest absolute Gasteiger partial charge is 0.446 e. The van der Waals surface area contributed by atoms with Crippen LogP contribution in [0.3, 0.4) is 0 Å². The van der Waals surface area contributed by atoms with Crippen molar-refractivity contribution < 1.29 is 9.53 Å². The Labute approximate surface area is 205 Å². The molecule has 3 saturated carbocycles. The average Bonchev–Trinajstić information content (AvgIpc) is 3.32. The normalized spacial score (nSPS) is 43.2. The van der Waals surface area contributed by atoms with Crippen LogP contribution in [0.4, 0.5) is 4.79 Å². The molecule has 6 rings (SSSR count). The second-order valence-corrected chi connectivity index (χ2v) is 12.5. The molecule has 1 spiro atoms. The number of hydrogen-bond donors (Lipinski definition) is 1. The van der Waals surface area contributed by atoms with Gasteiger partial charge in [-0.15, -0.1) is 0 Å². The molecule has 1 aliphatic heterocycles. The first-order chi connectivity index (χ1) is 16.4. The van der Waals surface area contributed by atoms with E-state index in [2.05, 4.69) is 37.2 Å². The van der Waals surface area contributed by atoms with Gasteiger partial charge >= 0.3 is 6.09 Å². The van der Waals surface area contributed by atoms with E-state index in [0.29, 0.717) is 17.4 Å². The van der Waals surface area contributed by atoms with E-state index in [1.807, 2.05) is 30.3 Å². The Hall–Kier alpha value is -1.81. The van der Waals surface area contributed by atoms with Gasteiger partial charge in [-0.1, -0.05) is 48.9 Å². The zero-order chi connectivity index (χ0) is 23.5. The standard InChI is InChI=1S/C30H42N2O2/c1-20-25-11-12-27-24-10-9-22-17-23(34-28(33)31-18-21-7-5-4-6-8-21)13-15-29(22,2)26(24)14-16-30(25,27)19-32(20)3/h4-9,20,23-27H,10-19H2,1-3H3,(H,31,33). The van der Waals surface area contributed by atoms with Crippen LogP contribution in [0.1, 0.15) is 70.8 Å². The smallest absolute Gasteiger partial charge is 0.407 e. The van der Waals surface area contributed by atoms with Crippen molar-refractivity contribution in [3.63, 3.8) is 0 Å². The molecule has 34 heavy (non-hydrogen) atoms. The first-order valence-electron chi connectivity index (χ1n) is 13.8. The van der Waals surface area contributed by atoms with Gasteiger partial charge in [-0.3, -0.25) is 0 Å². The molecule has 8 atom stereocenters. The van der Waals surface area contributed by atoms with Crippen LogP contribution in [-0.4, -0.2) is 36.7 Å². The minimum atomic E-state index is -0.275.